The number of esters is 1. The van der Waals surface area contributed by atoms with Gasteiger partial charge < -0.3 is 45.5 Å². The summed E-state index contributed by atoms with van der Waals surface area (Å²) in [6.45, 7) is 28.1. The Bertz CT molecular complexity index is 2630. The summed E-state index contributed by atoms with van der Waals surface area (Å²) in [4.78, 5) is 69.0. The number of cyclic esters (lactones) is 1. The van der Waals surface area contributed by atoms with E-state index in [4.69, 9.17) is 19.2 Å². The van der Waals surface area contributed by atoms with E-state index >= 15 is 0 Å². The van der Waals surface area contributed by atoms with Gasteiger partial charge >= 0.3 is 5.97 Å². The Labute approximate surface area is 458 Å². The van der Waals surface area contributed by atoms with Crippen molar-refractivity contribution in [1.29, 1.82) is 0 Å². The normalized spacial score (nSPS) is 16.6. The van der Waals surface area contributed by atoms with Crippen molar-refractivity contribution in [3.63, 3.8) is 0 Å². The Kier molecular flexibility index (Phi) is 24.8. The van der Waals surface area contributed by atoms with Crippen LogP contribution >= 0.6 is 0 Å². The van der Waals surface area contributed by atoms with E-state index in [9.17, 15) is 24.3 Å². The molecule has 4 heterocycles. The number of benzene rings is 1. The number of Topliss-reactive ketones (excluding diaryl/α,β-unsaturated/α-hetero) is 1. The number of rotatable bonds is 32. The minimum Gasteiger partial charge on any atom is -0.493 e. The van der Waals surface area contributed by atoms with Crippen molar-refractivity contribution in [3.05, 3.63) is 87.8 Å². The molecule has 5 N–H and O–H groups in total. The molecule has 420 valence electrons. The summed E-state index contributed by atoms with van der Waals surface area (Å²) in [5.41, 5.74) is 5.46. The van der Waals surface area contributed by atoms with Crippen molar-refractivity contribution in [2.24, 2.45) is 5.92 Å². The quantitative estimate of drug-likeness (QED) is 0.0174. The molecule has 1 aromatic carbocycles. The second kappa shape index (κ2) is 30.8. The van der Waals surface area contributed by atoms with Crippen LogP contribution in [-0.2, 0) is 47.9 Å². The molecule has 2 unspecified atom stereocenters. The van der Waals surface area contributed by atoms with Crippen LogP contribution in [0.5, 0.6) is 5.75 Å². The average Bonchev–Trinajstić information content (AvgIpc) is 3.89. The van der Waals surface area contributed by atoms with Gasteiger partial charge in [0.15, 0.2) is 11.4 Å². The molecular weight excluding hydrogens is 973 g/mol. The smallest absolute Gasteiger partial charge is 0.343 e. The second-order valence-corrected chi connectivity index (χ2v) is 20.9. The lowest BCUT2D eigenvalue weighted by molar-refractivity contribution is -0.163. The Balaban J connectivity index is 1.19. The van der Waals surface area contributed by atoms with Crippen LogP contribution in [0.2, 0.25) is 0 Å². The number of carbonyl (C=O) groups excluding carboxylic acids is 4. The summed E-state index contributed by atoms with van der Waals surface area (Å²) >= 11 is 0. The number of allylic oxidation sites excluding steroid dienone is 1. The number of amides is 2. The molecule has 0 fully saturated rings. The number of unbranched alkanes of at least 4 members (excludes halogenated alkanes) is 2. The first kappa shape index (κ1) is 61.9. The van der Waals surface area contributed by atoms with Crippen molar-refractivity contribution in [2.45, 2.75) is 176 Å². The van der Waals surface area contributed by atoms with E-state index in [1.807, 2.05) is 20.8 Å². The molecule has 5 rings (SSSR count). The van der Waals surface area contributed by atoms with Gasteiger partial charge in [0.25, 0.3) is 0 Å². The van der Waals surface area contributed by atoms with Gasteiger partial charge in [-0.2, -0.15) is 0 Å². The molecular formula is C61H88N8O8. The van der Waals surface area contributed by atoms with E-state index in [-0.39, 0.29) is 73.0 Å². The summed E-state index contributed by atoms with van der Waals surface area (Å²) in [6, 6.07) is 3.31. The number of ketones is 1. The molecule has 2 amide bonds. The highest BCUT2D eigenvalue weighted by Gasteiger charge is 2.45. The molecule has 16 nitrogen and oxygen atoms in total. The number of hydrogen-bond acceptors (Lipinski definition) is 14. The fraction of sp³-hybridized carbons (Fsp3) is 0.590. The number of hydrogen-bond donors (Lipinski definition) is 5. The van der Waals surface area contributed by atoms with Crippen LogP contribution in [0.15, 0.2) is 54.0 Å². The van der Waals surface area contributed by atoms with Gasteiger partial charge in [-0.15, -0.1) is 0 Å². The molecule has 2 aromatic heterocycles. The van der Waals surface area contributed by atoms with Gasteiger partial charge in [0, 0.05) is 72.6 Å². The lowest BCUT2D eigenvalue weighted by Gasteiger charge is -2.32. The highest BCUT2D eigenvalue weighted by molar-refractivity contribution is 6.00. The molecule has 3 aromatic rings. The van der Waals surface area contributed by atoms with Gasteiger partial charge in [-0.05, 0) is 152 Å². The Morgan fingerprint density at radius 2 is 1.71 bits per heavy atom. The van der Waals surface area contributed by atoms with E-state index in [0.717, 1.165) is 102 Å². The number of ether oxygens (including phenoxy) is 3. The number of aromatic nitrogens is 3. The van der Waals surface area contributed by atoms with Gasteiger partial charge in [-0.1, -0.05) is 66.4 Å². The fourth-order valence-corrected chi connectivity index (χ4v) is 10.2. The molecule has 0 spiro atoms. The summed E-state index contributed by atoms with van der Waals surface area (Å²) in [5.74, 6) is 6.66. The van der Waals surface area contributed by atoms with Crippen molar-refractivity contribution in [1.82, 2.24) is 41.1 Å². The zero-order valence-corrected chi connectivity index (χ0v) is 47.8. The summed E-state index contributed by atoms with van der Waals surface area (Å²) in [5, 5.41) is 25.8. The zero-order valence-electron chi connectivity index (χ0n) is 47.8. The van der Waals surface area contributed by atoms with Gasteiger partial charge in [0.2, 0.25) is 11.8 Å². The van der Waals surface area contributed by atoms with E-state index in [1.54, 1.807) is 25.4 Å². The largest absolute Gasteiger partial charge is 0.493 e. The highest BCUT2D eigenvalue weighted by atomic mass is 16.6. The minimum atomic E-state index is -1.95. The summed E-state index contributed by atoms with van der Waals surface area (Å²) in [6.07, 6.45) is 14.2. The third-order valence-corrected chi connectivity index (χ3v) is 14.5. The number of carbonyl (C=O) groups is 4. The fourth-order valence-electron chi connectivity index (χ4n) is 10.2. The molecule has 0 saturated carbocycles. The van der Waals surface area contributed by atoms with Crippen molar-refractivity contribution >= 4 is 40.0 Å². The lowest BCUT2D eigenvalue weighted by atomic mass is 9.82. The van der Waals surface area contributed by atoms with E-state index in [0.29, 0.717) is 69.7 Å². The number of nitrogens with one attached hydrogen (secondary N) is 4. The molecule has 77 heavy (non-hydrogen) atoms. The SMILES string of the molecule is C=C(CNC(=O)[C@H](CCCCN(CCC)CCC)NC(C)C(NC(=O)CCCC#Cc1cnc(C)nc1)C(C)C)NCOCCCc1c(CC)c(/C(C)=C/C2=C(C(C)=O)COC(=O)[C@]2(O)CC)nc2cc3c(cc12)OCC3. The number of nitrogens with zero attached hydrogens (tertiary/aromatic N) is 4. The van der Waals surface area contributed by atoms with Gasteiger partial charge in [-0.3, -0.25) is 14.4 Å². The van der Waals surface area contributed by atoms with E-state index in [2.05, 4.69) is 101 Å². The first-order chi connectivity index (χ1) is 36.9. The number of aliphatic hydroxyl groups is 1. The van der Waals surface area contributed by atoms with Crippen molar-refractivity contribution in [2.75, 3.05) is 52.7 Å². The van der Waals surface area contributed by atoms with Crippen molar-refractivity contribution < 1.29 is 38.5 Å². The Morgan fingerprint density at radius 1 is 0.974 bits per heavy atom. The molecule has 16 heteroatoms. The molecule has 0 radical (unpaired) electrons. The maximum atomic E-state index is 14.0. The van der Waals surface area contributed by atoms with Gasteiger partial charge in [0.1, 0.15) is 24.9 Å². The van der Waals surface area contributed by atoms with Crippen LogP contribution in [-0.4, -0.2) is 125 Å². The first-order valence-electron chi connectivity index (χ1n) is 28.2. The third-order valence-electron chi connectivity index (χ3n) is 14.5. The van der Waals surface area contributed by atoms with Crippen LogP contribution in [0.3, 0.4) is 0 Å². The van der Waals surface area contributed by atoms with Crippen LogP contribution in [0.4, 0.5) is 0 Å². The number of pyridine rings is 1. The monoisotopic (exact) mass is 1060 g/mol. The molecule has 2 aliphatic rings. The molecule has 0 bridgehead atoms. The maximum Gasteiger partial charge on any atom is 0.343 e. The van der Waals surface area contributed by atoms with Crippen LogP contribution in [0.25, 0.3) is 16.5 Å². The van der Waals surface area contributed by atoms with Crippen molar-refractivity contribution in [3.8, 4) is 17.6 Å². The van der Waals surface area contributed by atoms with Gasteiger partial charge in [-0.25, -0.2) is 19.7 Å². The maximum absolute atomic E-state index is 14.0. The Hall–Kier alpha value is -5.99. The van der Waals surface area contributed by atoms with Gasteiger partial charge in [0.05, 0.1) is 36.0 Å². The predicted octanol–water partition coefficient (Wildman–Crippen LogP) is 7.95. The average molecular weight is 1060 g/mol. The Morgan fingerprint density at radius 3 is 2.39 bits per heavy atom. The molecule has 4 atom stereocenters. The third kappa shape index (κ3) is 17.8. The number of aryl methyl sites for hydroxylation is 2. The molecule has 0 saturated heterocycles. The van der Waals surface area contributed by atoms with E-state index in [1.165, 1.54) is 6.92 Å². The topological polar surface area (TPSA) is 206 Å². The lowest BCUT2D eigenvalue weighted by Crippen LogP contribution is -2.57. The molecule has 2 aliphatic heterocycles. The van der Waals surface area contributed by atoms with Crippen LogP contribution in [0.1, 0.15) is 160 Å². The van der Waals surface area contributed by atoms with E-state index < -0.39 is 17.6 Å². The number of fused-ring (bicyclic) bond motifs is 2. The summed E-state index contributed by atoms with van der Waals surface area (Å²) < 4.78 is 17.4. The second-order valence-electron chi connectivity index (χ2n) is 20.9. The molecule has 0 aliphatic carbocycles. The highest BCUT2D eigenvalue weighted by Crippen LogP contribution is 2.38. The van der Waals surface area contributed by atoms with Crippen LogP contribution in [0, 0.1) is 24.7 Å². The summed E-state index contributed by atoms with van der Waals surface area (Å²) in [7, 11) is 0. The van der Waals surface area contributed by atoms with Crippen LogP contribution < -0.4 is 26.0 Å². The predicted molar refractivity (Wildman–Crippen MR) is 304 cm³/mol. The first-order valence-corrected chi connectivity index (χ1v) is 28.2. The minimum absolute atomic E-state index is 0.0418. The zero-order chi connectivity index (χ0) is 56.1. The standard InChI is InChI=1S/C61H88N8O8/c1-12-27-69(28-13-2)29-20-19-24-53(66-43(9)57(40(5)6)68-56(71)25-18-16-17-22-46-36-62-45(11)63-37-46)59(72)64-35-42(8)65-39-75-30-21-23-49-48(14-3)58(67-54-33-47-26-31-76-55(47)34-50(49)54)41(7)32-52-51(44(10)70)38-77-60(73)61(52,74)15-4/h32-34,36-37,40,43,53,57,65-66,74H,8,12-16,18-21,23-31,35,38-39H2,1-7,9-11H3,(H,64,72)(H,68,71)/b41-32+/t43?,53-,57?,61-/m0/s1.